The zero-order valence-corrected chi connectivity index (χ0v) is 9.28. The van der Waals surface area contributed by atoms with Gasteiger partial charge in [0.1, 0.15) is 5.84 Å². The molecule has 0 unspecified atom stereocenters. The van der Waals surface area contributed by atoms with Crippen LogP contribution in [0.3, 0.4) is 0 Å². The van der Waals surface area contributed by atoms with Crippen LogP contribution in [0.2, 0.25) is 5.02 Å². The number of nitrogens with two attached hydrogens (primary N) is 1. The monoisotopic (exact) mass is 234 g/mol. The Hall–Kier alpha value is -1.74. The molecule has 0 atom stereocenters. The summed E-state index contributed by atoms with van der Waals surface area (Å²) < 4.78 is 0. The summed E-state index contributed by atoms with van der Waals surface area (Å²) in [4.78, 5) is 0. The second-order valence-electron chi connectivity index (χ2n) is 3.56. The van der Waals surface area contributed by atoms with Crippen LogP contribution in [0.15, 0.2) is 41.6 Å². The maximum absolute atomic E-state index is 8.50. The second kappa shape index (κ2) is 4.41. The summed E-state index contributed by atoms with van der Waals surface area (Å²) in [5, 5.41) is 14.2. The summed E-state index contributed by atoms with van der Waals surface area (Å²) in [5.41, 5.74) is 6.44. The molecule has 3 nitrogen and oxygen atoms in total. The molecule has 0 aliphatic carbocycles. The van der Waals surface area contributed by atoms with Crippen molar-refractivity contribution in [2.24, 2.45) is 10.9 Å². The number of rotatable bonds is 2. The average molecular weight is 235 g/mol. The lowest BCUT2D eigenvalue weighted by Crippen LogP contribution is -2.14. The van der Waals surface area contributed by atoms with Crippen LogP contribution >= 0.6 is 11.6 Å². The van der Waals surface area contributed by atoms with Crippen LogP contribution in [0.4, 0.5) is 0 Å². The molecule has 0 saturated heterocycles. The van der Waals surface area contributed by atoms with Gasteiger partial charge in [0, 0.05) is 16.8 Å². The van der Waals surface area contributed by atoms with Gasteiger partial charge in [0.25, 0.3) is 0 Å². The van der Waals surface area contributed by atoms with E-state index < -0.39 is 0 Å². The van der Waals surface area contributed by atoms with Gasteiger partial charge < -0.3 is 10.9 Å². The number of amidine groups is 1. The molecule has 0 aliphatic rings. The first kappa shape index (κ1) is 10.8. The van der Waals surface area contributed by atoms with Gasteiger partial charge in [0.15, 0.2) is 0 Å². The smallest absolute Gasteiger partial charge is 0.143 e. The van der Waals surface area contributed by atoms with Gasteiger partial charge in [-0.05, 0) is 17.0 Å². The van der Waals surface area contributed by atoms with E-state index in [-0.39, 0.29) is 5.84 Å². The van der Waals surface area contributed by atoms with Gasteiger partial charge in [0.05, 0.1) is 0 Å². The molecule has 0 bridgehead atoms. The molecule has 3 N–H and O–H groups in total. The molecule has 82 valence electrons. The Morgan fingerprint density at radius 1 is 1.31 bits per heavy atom. The minimum atomic E-state index is 0.196. The highest BCUT2D eigenvalue weighted by atomic mass is 35.5. The van der Waals surface area contributed by atoms with Gasteiger partial charge in [0.2, 0.25) is 0 Å². The molecule has 4 heteroatoms. The Morgan fingerprint density at radius 2 is 2.12 bits per heavy atom. The maximum Gasteiger partial charge on any atom is 0.143 e. The van der Waals surface area contributed by atoms with Crippen molar-refractivity contribution in [3.8, 4) is 0 Å². The van der Waals surface area contributed by atoms with Crippen molar-refractivity contribution in [1.82, 2.24) is 0 Å². The maximum atomic E-state index is 8.50. The van der Waals surface area contributed by atoms with Crippen molar-refractivity contribution in [3.05, 3.63) is 47.0 Å². The Labute approximate surface area is 98.1 Å². The van der Waals surface area contributed by atoms with Crippen molar-refractivity contribution in [2.75, 3.05) is 0 Å². The molecule has 2 aromatic rings. The normalized spacial score (nSPS) is 11.9. The molecule has 0 spiro atoms. The van der Waals surface area contributed by atoms with Gasteiger partial charge in [-0.15, -0.1) is 0 Å². The Bertz CT molecular complexity index is 552. The van der Waals surface area contributed by atoms with E-state index in [2.05, 4.69) is 5.16 Å². The van der Waals surface area contributed by atoms with Crippen molar-refractivity contribution >= 4 is 28.2 Å². The predicted octanol–water partition coefficient (Wildman–Crippen LogP) is 2.78. The molecule has 0 amide bonds. The number of nitrogens with zero attached hydrogens (tertiary/aromatic N) is 1. The summed E-state index contributed by atoms with van der Waals surface area (Å²) >= 11 is 6.05. The zero-order chi connectivity index (χ0) is 11.5. The summed E-state index contributed by atoms with van der Waals surface area (Å²) in [7, 11) is 0. The molecule has 2 rings (SSSR count). The number of fused-ring (bicyclic) bond motifs is 1. The van der Waals surface area contributed by atoms with E-state index in [4.69, 9.17) is 22.5 Å². The number of hydrogen-bond donors (Lipinski definition) is 2. The van der Waals surface area contributed by atoms with Crippen LogP contribution in [0.1, 0.15) is 5.56 Å². The topological polar surface area (TPSA) is 58.6 Å². The fraction of sp³-hybridized carbons (Fsp3) is 0.0833. The molecule has 0 heterocycles. The third kappa shape index (κ3) is 2.09. The first-order chi connectivity index (χ1) is 7.70. The van der Waals surface area contributed by atoms with E-state index in [0.29, 0.717) is 6.42 Å². The fourth-order valence-electron chi connectivity index (χ4n) is 1.65. The standard InChI is InChI=1S/C12H11ClN2O/c13-11-3-1-2-9-6-8(4-5-10(9)11)7-12(14)15-16/h1-6,16H,7H2,(H2,14,15). The van der Waals surface area contributed by atoms with E-state index in [1.54, 1.807) is 0 Å². The van der Waals surface area contributed by atoms with E-state index in [0.717, 1.165) is 21.4 Å². The van der Waals surface area contributed by atoms with Crippen LogP contribution in [-0.4, -0.2) is 11.0 Å². The Morgan fingerprint density at radius 3 is 2.88 bits per heavy atom. The third-order valence-electron chi connectivity index (χ3n) is 2.41. The van der Waals surface area contributed by atoms with E-state index in [9.17, 15) is 0 Å². The predicted molar refractivity (Wildman–Crippen MR) is 66.1 cm³/mol. The minimum Gasteiger partial charge on any atom is -0.409 e. The fourth-order valence-corrected chi connectivity index (χ4v) is 1.89. The summed E-state index contributed by atoms with van der Waals surface area (Å²) in [5.74, 6) is 0.196. The van der Waals surface area contributed by atoms with Crippen LogP contribution in [0.25, 0.3) is 10.8 Å². The molecular formula is C12H11ClN2O. The van der Waals surface area contributed by atoms with Gasteiger partial charge in [-0.3, -0.25) is 0 Å². The quantitative estimate of drug-likeness (QED) is 0.363. The van der Waals surface area contributed by atoms with E-state index in [1.807, 2.05) is 36.4 Å². The summed E-state index contributed by atoms with van der Waals surface area (Å²) in [6, 6.07) is 11.6. The molecular weight excluding hydrogens is 224 g/mol. The van der Waals surface area contributed by atoms with Crippen molar-refractivity contribution < 1.29 is 5.21 Å². The summed E-state index contributed by atoms with van der Waals surface area (Å²) in [6.45, 7) is 0. The van der Waals surface area contributed by atoms with E-state index >= 15 is 0 Å². The van der Waals surface area contributed by atoms with Crippen LogP contribution in [-0.2, 0) is 6.42 Å². The Balaban J connectivity index is 2.45. The lowest BCUT2D eigenvalue weighted by atomic mass is 10.0. The summed E-state index contributed by atoms with van der Waals surface area (Å²) in [6.07, 6.45) is 0.430. The lowest BCUT2D eigenvalue weighted by molar-refractivity contribution is 0.317. The SMILES string of the molecule is N/C(Cc1ccc2c(Cl)cccc2c1)=N\O. The highest BCUT2D eigenvalue weighted by Crippen LogP contribution is 2.24. The lowest BCUT2D eigenvalue weighted by Gasteiger charge is -2.04. The molecule has 0 radical (unpaired) electrons. The van der Waals surface area contributed by atoms with Crippen molar-refractivity contribution in [1.29, 1.82) is 0 Å². The first-order valence-electron chi connectivity index (χ1n) is 4.84. The highest BCUT2D eigenvalue weighted by Gasteiger charge is 2.01. The molecule has 0 aliphatic heterocycles. The minimum absolute atomic E-state index is 0.196. The van der Waals surface area contributed by atoms with Gasteiger partial charge >= 0.3 is 0 Å². The molecule has 16 heavy (non-hydrogen) atoms. The van der Waals surface area contributed by atoms with Crippen LogP contribution in [0, 0.1) is 0 Å². The first-order valence-corrected chi connectivity index (χ1v) is 5.22. The highest BCUT2D eigenvalue weighted by molar-refractivity contribution is 6.35. The van der Waals surface area contributed by atoms with Crippen molar-refractivity contribution in [2.45, 2.75) is 6.42 Å². The van der Waals surface area contributed by atoms with Gasteiger partial charge in [-0.25, -0.2) is 0 Å². The molecule has 0 fully saturated rings. The molecule has 0 saturated carbocycles. The number of oxime groups is 1. The number of halogens is 1. The zero-order valence-electron chi connectivity index (χ0n) is 8.52. The largest absolute Gasteiger partial charge is 0.409 e. The average Bonchev–Trinajstić information content (AvgIpc) is 2.29. The Kier molecular flexibility index (Phi) is 2.97. The third-order valence-corrected chi connectivity index (χ3v) is 2.73. The van der Waals surface area contributed by atoms with Gasteiger partial charge in [-0.1, -0.05) is 47.1 Å². The van der Waals surface area contributed by atoms with Crippen LogP contribution < -0.4 is 5.73 Å². The molecule has 0 aromatic heterocycles. The van der Waals surface area contributed by atoms with Crippen molar-refractivity contribution in [3.63, 3.8) is 0 Å². The second-order valence-corrected chi connectivity index (χ2v) is 3.97. The van der Waals surface area contributed by atoms with Crippen LogP contribution in [0.5, 0.6) is 0 Å². The number of benzene rings is 2. The molecule has 2 aromatic carbocycles. The van der Waals surface area contributed by atoms with E-state index in [1.165, 1.54) is 0 Å². The van der Waals surface area contributed by atoms with Gasteiger partial charge in [-0.2, -0.15) is 0 Å². The number of hydrogen-bond acceptors (Lipinski definition) is 2.